The van der Waals surface area contributed by atoms with E-state index in [1.165, 1.54) is 35.7 Å². The van der Waals surface area contributed by atoms with Gasteiger partial charge >= 0.3 is 0 Å². The summed E-state index contributed by atoms with van der Waals surface area (Å²) in [6.07, 6.45) is 1.46. The molecule has 3 aromatic carbocycles. The van der Waals surface area contributed by atoms with Crippen molar-refractivity contribution in [1.29, 1.82) is 0 Å². The Kier molecular flexibility index (Phi) is 8.42. The van der Waals surface area contributed by atoms with Crippen LogP contribution in [0.4, 0.5) is 14.5 Å². The Bertz CT molecular complexity index is 1740. The Hall–Kier alpha value is -4.14. The van der Waals surface area contributed by atoms with Gasteiger partial charge in [0.2, 0.25) is 5.43 Å². The highest BCUT2D eigenvalue weighted by Gasteiger charge is 2.25. The number of benzene rings is 3. The highest BCUT2D eigenvalue weighted by molar-refractivity contribution is 7.22. The molecule has 0 radical (unpaired) electrons. The van der Waals surface area contributed by atoms with Crippen LogP contribution >= 0.6 is 11.3 Å². The number of halogens is 2. The molecular weight excluding hydrogens is 540 g/mol. The van der Waals surface area contributed by atoms with Crippen molar-refractivity contribution in [2.45, 2.75) is 33.5 Å². The zero-order valence-electron chi connectivity index (χ0n) is 23.1. The lowest BCUT2D eigenvalue weighted by Gasteiger charge is -2.14. The lowest BCUT2D eigenvalue weighted by Crippen LogP contribution is -2.23. The lowest BCUT2D eigenvalue weighted by atomic mass is 9.99. The Balaban J connectivity index is 1.73. The normalized spacial score (nSPS) is 11.4. The van der Waals surface area contributed by atoms with E-state index in [2.05, 4.69) is 10.6 Å². The first-order valence-corrected chi connectivity index (χ1v) is 14.3. The van der Waals surface area contributed by atoms with E-state index in [0.717, 1.165) is 27.3 Å². The van der Waals surface area contributed by atoms with Crippen LogP contribution in [0.25, 0.3) is 20.7 Å². The summed E-state index contributed by atoms with van der Waals surface area (Å²) in [5.41, 5.74) is 3.22. The minimum atomic E-state index is -0.683. The molecule has 0 saturated heterocycles. The zero-order chi connectivity index (χ0) is 29.1. The molecule has 41 heavy (non-hydrogen) atoms. The number of rotatable bonds is 10. The van der Waals surface area contributed by atoms with Gasteiger partial charge in [0.1, 0.15) is 16.5 Å². The smallest absolute Gasteiger partial charge is 0.201 e. The number of carbonyl (C=O) groups excluding carboxylic acids is 1. The molecule has 0 bridgehead atoms. The van der Waals surface area contributed by atoms with Crippen LogP contribution in [0.1, 0.15) is 40.9 Å². The Morgan fingerprint density at radius 1 is 0.902 bits per heavy atom. The zero-order valence-corrected chi connectivity index (χ0v) is 23.9. The Morgan fingerprint density at radius 2 is 1.59 bits per heavy atom. The Labute approximate surface area is 241 Å². The first-order chi connectivity index (χ1) is 19.8. The molecule has 2 heterocycles. The molecule has 0 unspecified atom stereocenters. The summed E-state index contributed by atoms with van der Waals surface area (Å²) in [6.45, 7) is 4.24. The quantitative estimate of drug-likeness (QED) is 0.174. The van der Waals surface area contributed by atoms with Gasteiger partial charge in [0.25, 0.3) is 0 Å². The van der Waals surface area contributed by atoms with Crippen LogP contribution in [-0.4, -0.2) is 17.4 Å². The third kappa shape index (κ3) is 5.85. The van der Waals surface area contributed by atoms with Crippen molar-refractivity contribution in [2.75, 3.05) is 12.4 Å². The number of pyridine rings is 1. The van der Waals surface area contributed by atoms with E-state index in [1.54, 1.807) is 18.4 Å². The summed E-state index contributed by atoms with van der Waals surface area (Å²) in [5.74, 6) is -2.10. The molecule has 0 saturated carbocycles. The van der Waals surface area contributed by atoms with E-state index in [0.29, 0.717) is 23.3 Å². The van der Waals surface area contributed by atoms with Gasteiger partial charge in [-0.1, -0.05) is 62.4 Å². The predicted octanol–water partition coefficient (Wildman–Crippen LogP) is 7.23. The van der Waals surface area contributed by atoms with Crippen molar-refractivity contribution in [2.24, 2.45) is 5.92 Å². The van der Waals surface area contributed by atoms with Gasteiger partial charge in [-0.05, 0) is 41.0 Å². The first-order valence-electron chi connectivity index (χ1n) is 13.5. The lowest BCUT2D eigenvalue weighted by molar-refractivity contribution is 0.0938. The van der Waals surface area contributed by atoms with Gasteiger partial charge in [-0.15, -0.1) is 11.3 Å². The number of hydrogen-bond donors (Lipinski definition) is 2. The average Bonchev–Trinajstić information content (AvgIpc) is 3.36. The largest absolute Gasteiger partial charge is 0.388 e. The number of anilines is 1. The van der Waals surface area contributed by atoms with Crippen LogP contribution in [0.15, 0.2) is 83.8 Å². The van der Waals surface area contributed by atoms with Gasteiger partial charge in [-0.2, -0.15) is 0 Å². The van der Waals surface area contributed by atoms with Gasteiger partial charge in [-0.25, -0.2) is 8.78 Å². The topological polar surface area (TPSA) is 63.1 Å². The second kappa shape index (κ2) is 12.2. The third-order valence-electron chi connectivity index (χ3n) is 7.10. The number of carbonyl (C=O) groups is 1. The van der Waals surface area contributed by atoms with E-state index in [4.69, 9.17) is 0 Å². The molecule has 0 aliphatic rings. The average molecular weight is 572 g/mol. The molecule has 5 nitrogen and oxygen atoms in total. The van der Waals surface area contributed by atoms with Crippen molar-refractivity contribution in [1.82, 2.24) is 9.88 Å². The summed E-state index contributed by atoms with van der Waals surface area (Å²) in [5, 5.41) is 6.97. The fourth-order valence-electron chi connectivity index (χ4n) is 4.87. The highest BCUT2D eigenvalue weighted by Crippen LogP contribution is 2.38. The SMILES string of the molecule is CNc1ccc(-c2sc3c(c2CNCc2ccccc2)c(=O)c(C(=O)C(C)C)cn3Cc2c(F)cccc2F)cc1. The van der Waals surface area contributed by atoms with Crippen LogP contribution in [0.5, 0.6) is 0 Å². The molecule has 0 fully saturated rings. The summed E-state index contributed by atoms with van der Waals surface area (Å²) in [7, 11) is 1.84. The number of nitrogens with one attached hydrogen (secondary N) is 2. The van der Waals surface area contributed by atoms with Gasteiger partial charge in [0.05, 0.1) is 17.5 Å². The van der Waals surface area contributed by atoms with Crippen molar-refractivity contribution in [3.63, 3.8) is 0 Å². The first kappa shape index (κ1) is 28.4. The van der Waals surface area contributed by atoms with Crippen LogP contribution in [0.2, 0.25) is 0 Å². The predicted molar refractivity (Wildman–Crippen MR) is 163 cm³/mol. The summed E-state index contributed by atoms with van der Waals surface area (Å²) < 4.78 is 31.2. The van der Waals surface area contributed by atoms with E-state index in [1.807, 2.05) is 61.6 Å². The van der Waals surface area contributed by atoms with Crippen LogP contribution in [-0.2, 0) is 19.6 Å². The number of fused-ring (bicyclic) bond motifs is 1. The van der Waals surface area contributed by atoms with Crippen molar-refractivity contribution < 1.29 is 13.6 Å². The standard InChI is InChI=1S/C33H31F2N3O2S/c1-20(2)30(39)26-19-38(18-25-27(34)10-7-11-28(25)35)33-29(31(26)40)24(17-37-16-21-8-5-4-6-9-21)32(41-33)22-12-14-23(36-3)15-13-22/h4-15,19-20,36-37H,16-18H2,1-3H3. The molecule has 5 aromatic rings. The second-order valence-corrected chi connectivity index (χ2v) is 11.2. The maximum Gasteiger partial charge on any atom is 0.201 e. The highest BCUT2D eigenvalue weighted by atomic mass is 32.1. The Morgan fingerprint density at radius 3 is 2.22 bits per heavy atom. The molecule has 0 amide bonds. The summed E-state index contributed by atoms with van der Waals surface area (Å²) in [4.78, 5) is 28.6. The molecule has 2 aromatic heterocycles. The number of aromatic nitrogens is 1. The number of ketones is 1. The van der Waals surface area contributed by atoms with Gasteiger partial charge in [0.15, 0.2) is 5.78 Å². The molecule has 0 atom stereocenters. The number of thiophene rings is 1. The maximum atomic E-state index is 14.8. The fourth-order valence-corrected chi connectivity index (χ4v) is 6.17. The van der Waals surface area contributed by atoms with E-state index < -0.39 is 17.6 Å². The third-order valence-corrected chi connectivity index (χ3v) is 8.41. The second-order valence-electron chi connectivity index (χ2n) is 10.2. The van der Waals surface area contributed by atoms with Crippen molar-refractivity contribution >= 4 is 33.0 Å². The summed E-state index contributed by atoms with van der Waals surface area (Å²) in [6, 6.07) is 21.5. The van der Waals surface area contributed by atoms with Crippen molar-refractivity contribution in [3.05, 3.63) is 123 Å². The number of nitrogens with zero attached hydrogens (tertiary/aromatic N) is 1. The minimum Gasteiger partial charge on any atom is -0.388 e. The molecule has 210 valence electrons. The monoisotopic (exact) mass is 571 g/mol. The van der Waals surface area contributed by atoms with Crippen LogP contribution in [0.3, 0.4) is 0 Å². The molecule has 0 spiro atoms. The molecular formula is C33H31F2N3O2S. The number of Topliss-reactive ketones (excluding diaryl/α,β-unsaturated/α-hetero) is 1. The van der Waals surface area contributed by atoms with Gasteiger partial charge in [-0.3, -0.25) is 9.59 Å². The van der Waals surface area contributed by atoms with E-state index in [9.17, 15) is 18.4 Å². The molecule has 8 heteroatoms. The fraction of sp³-hybridized carbons (Fsp3) is 0.212. The molecule has 0 aliphatic heterocycles. The van der Waals surface area contributed by atoms with Crippen molar-refractivity contribution in [3.8, 4) is 10.4 Å². The molecule has 2 N–H and O–H groups in total. The van der Waals surface area contributed by atoms with Crippen LogP contribution < -0.4 is 16.1 Å². The maximum absolute atomic E-state index is 14.8. The minimum absolute atomic E-state index is 0.0171. The van der Waals surface area contributed by atoms with Gasteiger partial charge < -0.3 is 15.2 Å². The van der Waals surface area contributed by atoms with E-state index in [-0.39, 0.29) is 28.9 Å². The van der Waals surface area contributed by atoms with Crippen LogP contribution in [0, 0.1) is 17.6 Å². The molecule has 5 rings (SSSR count). The summed E-state index contributed by atoms with van der Waals surface area (Å²) >= 11 is 1.38. The van der Waals surface area contributed by atoms with E-state index >= 15 is 0 Å². The number of hydrogen-bond acceptors (Lipinski definition) is 5. The van der Waals surface area contributed by atoms with Gasteiger partial charge in [0, 0.05) is 48.4 Å². The molecule has 0 aliphatic carbocycles.